The van der Waals surface area contributed by atoms with Gasteiger partial charge >= 0.3 is 0 Å². The lowest BCUT2D eigenvalue weighted by Crippen LogP contribution is -2.14. The van der Waals surface area contributed by atoms with Crippen LogP contribution < -0.4 is 10.6 Å². The van der Waals surface area contributed by atoms with Crippen LogP contribution in [0.1, 0.15) is 15.9 Å². The Labute approximate surface area is 153 Å². The number of nitrogens with zero attached hydrogens (tertiary/aromatic N) is 1. The number of anilines is 2. The lowest BCUT2D eigenvalue weighted by atomic mass is 10.2. The molecule has 0 radical (unpaired) electrons. The summed E-state index contributed by atoms with van der Waals surface area (Å²) in [6.45, 7) is 0.538. The number of rotatable bonds is 5. The van der Waals surface area contributed by atoms with E-state index in [-0.39, 0.29) is 5.56 Å². The Morgan fingerprint density at radius 2 is 1.69 bits per heavy atom. The van der Waals surface area contributed by atoms with Crippen LogP contribution in [0, 0.1) is 11.6 Å². The second kappa shape index (κ2) is 7.93. The third-order valence-corrected chi connectivity index (χ3v) is 3.87. The van der Waals surface area contributed by atoms with E-state index in [0.717, 1.165) is 17.7 Å². The van der Waals surface area contributed by atoms with Crippen LogP contribution in [0.2, 0.25) is 5.02 Å². The van der Waals surface area contributed by atoms with Gasteiger partial charge < -0.3 is 10.6 Å². The Kier molecular flexibility index (Phi) is 5.43. The Morgan fingerprint density at radius 3 is 2.31 bits per heavy atom. The van der Waals surface area contributed by atoms with Crippen LogP contribution in [0.3, 0.4) is 0 Å². The summed E-state index contributed by atoms with van der Waals surface area (Å²) in [5.41, 5.74) is 0.722. The molecule has 0 bridgehead atoms. The minimum absolute atomic E-state index is 0.185. The number of amides is 1. The Bertz CT molecular complexity index is 895. The van der Waals surface area contributed by atoms with Gasteiger partial charge in [0, 0.05) is 17.8 Å². The van der Waals surface area contributed by atoms with Crippen molar-refractivity contribution in [3.05, 3.63) is 88.6 Å². The molecule has 3 rings (SSSR count). The SMILES string of the molecule is O=C(Nc1c(F)cccc1F)c1ccc(NCc2ccc(Cl)cc2)nc1. The summed E-state index contributed by atoms with van der Waals surface area (Å²) in [5, 5.41) is 5.98. The van der Waals surface area contributed by atoms with Crippen molar-refractivity contribution in [3.63, 3.8) is 0 Å². The minimum atomic E-state index is -0.840. The third kappa shape index (κ3) is 4.34. The molecule has 0 atom stereocenters. The number of hydrogen-bond donors (Lipinski definition) is 2. The van der Waals surface area contributed by atoms with Gasteiger partial charge in [0.2, 0.25) is 0 Å². The maximum atomic E-state index is 13.6. The topological polar surface area (TPSA) is 54.0 Å². The quantitative estimate of drug-likeness (QED) is 0.670. The first kappa shape index (κ1) is 17.8. The number of nitrogens with one attached hydrogen (secondary N) is 2. The first-order chi connectivity index (χ1) is 12.5. The molecular weight excluding hydrogens is 360 g/mol. The predicted molar refractivity (Wildman–Crippen MR) is 97.3 cm³/mol. The number of halogens is 3. The average molecular weight is 374 g/mol. The first-order valence-electron chi connectivity index (χ1n) is 7.72. The lowest BCUT2D eigenvalue weighted by Gasteiger charge is -2.09. The van der Waals surface area contributed by atoms with Gasteiger partial charge in [-0.25, -0.2) is 13.8 Å². The zero-order valence-corrected chi connectivity index (χ0v) is 14.2. The molecule has 3 aromatic rings. The van der Waals surface area contributed by atoms with Crippen molar-refractivity contribution >= 4 is 29.0 Å². The van der Waals surface area contributed by atoms with Gasteiger partial charge in [-0.15, -0.1) is 0 Å². The van der Waals surface area contributed by atoms with Gasteiger partial charge in [-0.3, -0.25) is 4.79 Å². The summed E-state index contributed by atoms with van der Waals surface area (Å²) in [6.07, 6.45) is 1.33. The van der Waals surface area contributed by atoms with Crippen LogP contribution in [0.5, 0.6) is 0 Å². The largest absolute Gasteiger partial charge is 0.366 e. The van der Waals surface area contributed by atoms with Crippen molar-refractivity contribution in [3.8, 4) is 0 Å². The van der Waals surface area contributed by atoms with Gasteiger partial charge in [0.15, 0.2) is 0 Å². The van der Waals surface area contributed by atoms with E-state index in [2.05, 4.69) is 15.6 Å². The molecule has 7 heteroatoms. The van der Waals surface area contributed by atoms with Crippen molar-refractivity contribution in [2.75, 3.05) is 10.6 Å². The summed E-state index contributed by atoms with van der Waals surface area (Å²) in [4.78, 5) is 16.3. The van der Waals surface area contributed by atoms with E-state index in [9.17, 15) is 13.6 Å². The summed E-state index contributed by atoms with van der Waals surface area (Å²) in [5.74, 6) is -1.76. The van der Waals surface area contributed by atoms with Crippen LogP contribution in [0.15, 0.2) is 60.8 Å². The number of hydrogen-bond acceptors (Lipinski definition) is 3. The zero-order chi connectivity index (χ0) is 18.5. The van der Waals surface area contributed by atoms with E-state index in [0.29, 0.717) is 17.4 Å². The maximum absolute atomic E-state index is 13.6. The van der Waals surface area contributed by atoms with Gasteiger partial charge in [0.05, 0.1) is 5.56 Å². The normalized spacial score (nSPS) is 10.4. The van der Waals surface area contributed by atoms with Crippen LogP contribution in [0.25, 0.3) is 0 Å². The standard InChI is InChI=1S/C19H14ClF2N3O/c20-14-7-4-12(5-8-14)10-23-17-9-6-13(11-24-17)19(26)25-18-15(21)2-1-3-16(18)22/h1-9,11H,10H2,(H,23,24)(H,25,26). The number of aromatic nitrogens is 1. The molecule has 4 nitrogen and oxygen atoms in total. The molecular formula is C19H14ClF2N3O. The van der Waals surface area contributed by atoms with E-state index in [1.54, 1.807) is 18.2 Å². The zero-order valence-electron chi connectivity index (χ0n) is 13.5. The van der Waals surface area contributed by atoms with Crippen molar-refractivity contribution < 1.29 is 13.6 Å². The highest BCUT2D eigenvalue weighted by molar-refractivity contribution is 6.30. The molecule has 26 heavy (non-hydrogen) atoms. The molecule has 132 valence electrons. The molecule has 0 saturated heterocycles. The molecule has 0 spiro atoms. The van der Waals surface area contributed by atoms with E-state index in [1.807, 2.05) is 12.1 Å². The molecule has 1 amide bonds. The number of carbonyl (C=O) groups excluding carboxylic acids is 1. The summed E-state index contributed by atoms with van der Waals surface area (Å²) < 4.78 is 27.2. The average Bonchev–Trinajstić information content (AvgIpc) is 2.65. The molecule has 2 N–H and O–H groups in total. The molecule has 2 aromatic carbocycles. The molecule has 1 heterocycles. The van der Waals surface area contributed by atoms with Crippen molar-refractivity contribution in [2.24, 2.45) is 0 Å². The fourth-order valence-electron chi connectivity index (χ4n) is 2.23. The predicted octanol–water partition coefficient (Wildman–Crippen LogP) is 4.88. The number of carbonyl (C=O) groups is 1. The van der Waals surface area contributed by atoms with Crippen molar-refractivity contribution in [1.29, 1.82) is 0 Å². The Morgan fingerprint density at radius 1 is 1.00 bits per heavy atom. The van der Waals surface area contributed by atoms with Gasteiger partial charge in [0.1, 0.15) is 23.1 Å². The lowest BCUT2D eigenvalue weighted by molar-refractivity contribution is 0.102. The van der Waals surface area contributed by atoms with Crippen LogP contribution in [-0.2, 0) is 6.54 Å². The second-order valence-corrected chi connectivity index (χ2v) is 5.90. The monoisotopic (exact) mass is 373 g/mol. The van der Waals surface area contributed by atoms with Gasteiger partial charge in [-0.1, -0.05) is 29.8 Å². The summed E-state index contributed by atoms with van der Waals surface area (Å²) in [6, 6.07) is 13.9. The fraction of sp³-hybridized carbons (Fsp3) is 0.0526. The minimum Gasteiger partial charge on any atom is -0.366 e. The third-order valence-electron chi connectivity index (χ3n) is 3.61. The molecule has 0 unspecified atom stereocenters. The van der Waals surface area contributed by atoms with Crippen LogP contribution in [-0.4, -0.2) is 10.9 Å². The second-order valence-electron chi connectivity index (χ2n) is 5.46. The molecule has 0 aliphatic rings. The highest BCUT2D eigenvalue weighted by atomic mass is 35.5. The van der Waals surface area contributed by atoms with Crippen LogP contribution in [0.4, 0.5) is 20.3 Å². The molecule has 0 saturated carbocycles. The fourth-order valence-corrected chi connectivity index (χ4v) is 2.36. The Balaban J connectivity index is 1.63. The Hall–Kier alpha value is -2.99. The van der Waals surface area contributed by atoms with Crippen LogP contribution >= 0.6 is 11.6 Å². The molecule has 0 fully saturated rings. The highest BCUT2D eigenvalue weighted by Crippen LogP contribution is 2.19. The van der Waals surface area contributed by atoms with Gasteiger partial charge in [-0.2, -0.15) is 0 Å². The van der Waals surface area contributed by atoms with Crippen molar-refractivity contribution in [1.82, 2.24) is 4.98 Å². The summed E-state index contributed by atoms with van der Waals surface area (Å²) in [7, 11) is 0. The number of pyridine rings is 1. The number of benzene rings is 2. The van der Waals surface area contributed by atoms with E-state index in [1.165, 1.54) is 18.3 Å². The smallest absolute Gasteiger partial charge is 0.257 e. The van der Waals surface area contributed by atoms with Gasteiger partial charge in [0.25, 0.3) is 5.91 Å². The molecule has 1 aromatic heterocycles. The number of para-hydroxylation sites is 1. The molecule has 0 aliphatic carbocycles. The highest BCUT2D eigenvalue weighted by Gasteiger charge is 2.13. The molecule has 0 aliphatic heterocycles. The van der Waals surface area contributed by atoms with Gasteiger partial charge in [-0.05, 0) is 42.0 Å². The first-order valence-corrected chi connectivity index (χ1v) is 8.10. The van der Waals surface area contributed by atoms with E-state index in [4.69, 9.17) is 11.6 Å². The summed E-state index contributed by atoms with van der Waals surface area (Å²) >= 11 is 5.84. The van der Waals surface area contributed by atoms with Crippen molar-refractivity contribution in [2.45, 2.75) is 6.54 Å². The maximum Gasteiger partial charge on any atom is 0.257 e. The van der Waals surface area contributed by atoms with E-state index < -0.39 is 23.2 Å². The van der Waals surface area contributed by atoms with E-state index >= 15 is 0 Å².